The quantitative estimate of drug-likeness (QED) is 0.703. The molecule has 108 valence electrons. The SMILES string of the molecule is CSC1CCCC1NC(=O)N1C[C@H](O)C[C@H]1C(=O)O. The summed E-state index contributed by atoms with van der Waals surface area (Å²) >= 11 is 1.73. The molecule has 0 aromatic heterocycles. The number of β-amino-alcohol motifs (C(OH)–C–C–N with tert-alkyl or cyclic N) is 1. The summed E-state index contributed by atoms with van der Waals surface area (Å²) in [6, 6.07) is -1.17. The van der Waals surface area contributed by atoms with Crippen molar-refractivity contribution < 1.29 is 19.8 Å². The minimum Gasteiger partial charge on any atom is -0.480 e. The van der Waals surface area contributed by atoms with E-state index in [1.54, 1.807) is 11.8 Å². The molecular weight excluding hydrogens is 268 g/mol. The van der Waals surface area contributed by atoms with Crippen LogP contribution in [-0.2, 0) is 4.79 Å². The van der Waals surface area contributed by atoms with Gasteiger partial charge in [-0.3, -0.25) is 0 Å². The first kappa shape index (κ1) is 14.5. The third-order valence-electron chi connectivity index (χ3n) is 3.89. The van der Waals surface area contributed by atoms with Gasteiger partial charge in [-0.15, -0.1) is 0 Å². The highest BCUT2D eigenvalue weighted by Gasteiger charge is 2.40. The van der Waals surface area contributed by atoms with Crippen LogP contribution in [0.25, 0.3) is 0 Å². The van der Waals surface area contributed by atoms with Gasteiger partial charge in [-0.05, 0) is 19.1 Å². The number of aliphatic hydroxyl groups excluding tert-OH is 1. The summed E-state index contributed by atoms with van der Waals surface area (Å²) in [5, 5.41) is 21.9. The summed E-state index contributed by atoms with van der Waals surface area (Å²) < 4.78 is 0. The van der Waals surface area contributed by atoms with Crippen LogP contribution >= 0.6 is 11.8 Å². The van der Waals surface area contributed by atoms with Gasteiger partial charge in [-0.25, -0.2) is 9.59 Å². The van der Waals surface area contributed by atoms with Crippen LogP contribution in [0.3, 0.4) is 0 Å². The van der Waals surface area contributed by atoms with Crippen LogP contribution in [0.5, 0.6) is 0 Å². The fourth-order valence-electron chi connectivity index (χ4n) is 2.89. The van der Waals surface area contributed by atoms with Crippen molar-refractivity contribution >= 4 is 23.8 Å². The number of nitrogens with one attached hydrogen (secondary N) is 1. The second-order valence-electron chi connectivity index (χ2n) is 5.16. The van der Waals surface area contributed by atoms with Gasteiger partial charge in [-0.2, -0.15) is 11.8 Å². The van der Waals surface area contributed by atoms with E-state index in [4.69, 9.17) is 5.11 Å². The highest BCUT2D eigenvalue weighted by molar-refractivity contribution is 7.99. The van der Waals surface area contributed by atoms with E-state index in [1.807, 2.05) is 6.26 Å². The topological polar surface area (TPSA) is 89.9 Å². The summed E-state index contributed by atoms with van der Waals surface area (Å²) in [4.78, 5) is 24.5. The lowest BCUT2D eigenvalue weighted by Gasteiger charge is -2.26. The molecule has 0 aromatic carbocycles. The van der Waals surface area contributed by atoms with Crippen LogP contribution in [0, 0.1) is 0 Å². The van der Waals surface area contributed by atoms with Gasteiger partial charge in [-0.1, -0.05) is 6.42 Å². The summed E-state index contributed by atoms with van der Waals surface area (Å²) in [5.74, 6) is -1.06. The van der Waals surface area contributed by atoms with E-state index in [0.717, 1.165) is 19.3 Å². The molecule has 7 heteroatoms. The van der Waals surface area contributed by atoms with Crippen molar-refractivity contribution in [1.82, 2.24) is 10.2 Å². The number of aliphatic hydroxyl groups is 1. The van der Waals surface area contributed by atoms with Crippen molar-refractivity contribution in [2.75, 3.05) is 12.8 Å². The number of carboxylic acid groups (broad SMARTS) is 1. The number of urea groups is 1. The summed E-state index contributed by atoms with van der Waals surface area (Å²) in [7, 11) is 0. The number of carboxylic acids is 1. The Labute approximate surface area is 116 Å². The Balaban J connectivity index is 1.97. The zero-order chi connectivity index (χ0) is 14.0. The standard InChI is InChI=1S/C12H20N2O4S/c1-19-10-4-2-3-8(10)13-12(18)14-6-7(15)5-9(14)11(16)17/h7-10,15H,2-6H2,1H3,(H,13,18)(H,16,17)/t7-,8?,9+,10?/m1/s1. The molecule has 3 N–H and O–H groups in total. The van der Waals surface area contributed by atoms with Crippen molar-refractivity contribution in [3.05, 3.63) is 0 Å². The number of carbonyl (C=O) groups excluding carboxylic acids is 1. The predicted molar refractivity (Wildman–Crippen MR) is 72.2 cm³/mol. The summed E-state index contributed by atoms with van der Waals surface area (Å²) in [6.07, 6.45) is 4.49. The zero-order valence-corrected chi connectivity index (χ0v) is 11.7. The van der Waals surface area contributed by atoms with Gasteiger partial charge in [0.05, 0.1) is 6.10 Å². The normalized spacial score (nSPS) is 34.5. The van der Waals surface area contributed by atoms with E-state index in [9.17, 15) is 14.7 Å². The molecule has 1 saturated carbocycles. The van der Waals surface area contributed by atoms with Crippen LogP contribution in [0.15, 0.2) is 0 Å². The number of aliphatic carboxylic acids is 1. The molecule has 0 radical (unpaired) electrons. The van der Waals surface area contributed by atoms with Gasteiger partial charge in [0.1, 0.15) is 6.04 Å². The molecule has 0 spiro atoms. The lowest BCUT2D eigenvalue weighted by Crippen LogP contribution is -2.50. The highest BCUT2D eigenvalue weighted by Crippen LogP contribution is 2.29. The number of likely N-dealkylation sites (tertiary alicyclic amines) is 1. The Bertz CT molecular complexity index is 366. The van der Waals surface area contributed by atoms with E-state index in [2.05, 4.69) is 5.32 Å². The van der Waals surface area contributed by atoms with E-state index in [1.165, 1.54) is 4.90 Å². The third kappa shape index (κ3) is 3.14. The van der Waals surface area contributed by atoms with Gasteiger partial charge in [0.15, 0.2) is 0 Å². The Morgan fingerprint density at radius 3 is 2.74 bits per heavy atom. The Morgan fingerprint density at radius 2 is 2.11 bits per heavy atom. The lowest BCUT2D eigenvalue weighted by molar-refractivity contribution is -0.141. The van der Waals surface area contributed by atoms with Crippen LogP contribution < -0.4 is 5.32 Å². The number of hydrogen-bond acceptors (Lipinski definition) is 4. The van der Waals surface area contributed by atoms with E-state index >= 15 is 0 Å². The van der Waals surface area contributed by atoms with Crippen LogP contribution in [0.1, 0.15) is 25.7 Å². The second kappa shape index (κ2) is 6.00. The number of nitrogens with zero attached hydrogens (tertiary/aromatic N) is 1. The smallest absolute Gasteiger partial charge is 0.326 e. The molecule has 2 rings (SSSR count). The molecule has 19 heavy (non-hydrogen) atoms. The Kier molecular flexibility index (Phi) is 4.57. The first-order valence-corrected chi connectivity index (χ1v) is 7.82. The maximum atomic E-state index is 12.2. The Morgan fingerprint density at radius 1 is 1.37 bits per heavy atom. The molecule has 6 nitrogen and oxygen atoms in total. The molecule has 2 aliphatic rings. The maximum absolute atomic E-state index is 12.2. The monoisotopic (exact) mass is 288 g/mol. The van der Waals surface area contributed by atoms with Gasteiger partial charge in [0.25, 0.3) is 0 Å². The first-order valence-electron chi connectivity index (χ1n) is 6.53. The summed E-state index contributed by atoms with van der Waals surface area (Å²) in [6.45, 7) is 0.0967. The predicted octanol–water partition coefficient (Wildman–Crippen LogP) is 0.500. The molecule has 2 fully saturated rings. The largest absolute Gasteiger partial charge is 0.480 e. The van der Waals surface area contributed by atoms with Crippen LogP contribution in [0.2, 0.25) is 0 Å². The molecule has 1 aliphatic carbocycles. The average Bonchev–Trinajstić information content (AvgIpc) is 2.95. The number of hydrogen-bond donors (Lipinski definition) is 3. The molecule has 2 amide bonds. The van der Waals surface area contributed by atoms with Gasteiger partial charge < -0.3 is 20.4 Å². The van der Waals surface area contributed by atoms with E-state index < -0.39 is 18.1 Å². The van der Waals surface area contributed by atoms with Crippen LogP contribution in [0.4, 0.5) is 4.79 Å². The second-order valence-corrected chi connectivity index (χ2v) is 6.23. The molecule has 0 aromatic rings. The van der Waals surface area contributed by atoms with E-state index in [0.29, 0.717) is 5.25 Å². The number of thioether (sulfide) groups is 1. The number of amides is 2. The van der Waals surface area contributed by atoms with Gasteiger partial charge in [0.2, 0.25) is 0 Å². The van der Waals surface area contributed by atoms with Crippen molar-refractivity contribution in [2.24, 2.45) is 0 Å². The maximum Gasteiger partial charge on any atom is 0.326 e. The molecule has 2 unspecified atom stereocenters. The Hall–Kier alpha value is -0.950. The van der Waals surface area contributed by atoms with Crippen molar-refractivity contribution in [1.29, 1.82) is 0 Å². The van der Waals surface area contributed by atoms with Crippen molar-refractivity contribution in [3.63, 3.8) is 0 Å². The lowest BCUT2D eigenvalue weighted by atomic mass is 10.2. The fourth-order valence-corrected chi connectivity index (χ4v) is 3.82. The van der Waals surface area contributed by atoms with Crippen LogP contribution in [-0.4, -0.2) is 63.4 Å². The minimum absolute atomic E-state index is 0.0967. The molecule has 4 atom stereocenters. The van der Waals surface area contributed by atoms with Gasteiger partial charge in [0, 0.05) is 24.3 Å². The van der Waals surface area contributed by atoms with E-state index in [-0.39, 0.29) is 25.0 Å². The molecule has 1 saturated heterocycles. The van der Waals surface area contributed by atoms with Crippen molar-refractivity contribution in [3.8, 4) is 0 Å². The fraction of sp³-hybridized carbons (Fsp3) is 0.833. The highest BCUT2D eigenvalue weighted by atomic mass is 32.2. The average molecular weight is 288 g/mol. The summed E-state index contributed by atoms with van der Waals surface area (Å²) in [5.41, 5.74) is 0. The molecule has 1 aliphatic heterocycles. The molecule has 1 heterocycles. The zero-order valence-electron chi connectivity index (χ0n) is 10.9. The number of carbonyl (C=O) groups is 2. The third-order valence-corrected chi connectivity index (χ3v) is 5.06. The minimum atomic E-state index is -1.06. The number of rotatable bonds is 3. The van der Waals surface area contributed by atoms with Gasteiger partial charge >= 0.3 is 12.0 Å². The first-order chi connectivity index (χ1) is 9.02. The molecule has 0 bridgehead atoms. The van der Waals surface area contributed by atoms with Crippen molar-refractivity contribution in [2.45, 2.75) is 49.1 Å². The molecular formula is C12H20N2O4S.